The van der Waals surface area contributed by atoms with Gasteiger partial charge in [0, 0.05) is 13.1 Å². The Morgan fingerprint density at radius 3 is 2.32 bits per heavy atom. The number of rotatable bonds is 8. The molecule has 2 aromatic carbocycles. The monoisotopic (exact) mass is 357 g/mol. The topological polar surface area (TPSA) is 36.5 Å². The van der Waals surface area contributed by atoms with Crippen molar-refractivity contribution in [2.75, 3.05) is 34.3 Å². The molecule has 2 N–H and O–H groups in total. The van der Waals surface area contributed by atoms with Crippen LogP contribution in [0.1, 0.15) is 17.2 Å². The number of ether oxygens (including phenoxy) is 1. The van der Waals surface area contributed by atoms with Gasteiger partial charge in [-0.3, -0.25) is 0 Å². The molecule has 2 aromatic rings. The van der Waals surface area contributed by atoms with E-state index in [1.807, 2.05) is 18.2 Å². The number of benzene rings is 2. The first-order valence-electron chi connectivity index (χ1n) is 8.46. The first kappa shape index (κ1) is 19.2. The highest BCUT2D eigenvalue weighted by molar-refractivity contribution is 7.80. The highest BCUT2D eigenvalue weighted by Crippen LogP contribution is 2.20. The van der Waals surface area contributed by atoms with Gasteiger partial charge in [0.15, 0.2) is 5.11 Å². The summed E-state index contributed by atoms with van der Waals surface area (Å²) in [4.78, 5) is 2.18. The van der Waals surface area contributed by atoms with E-state index in [2.05, 4.69) is 66.0 Å². The Kier molecular flexibility index (Phi) is 7.70. The maximum atomic E-state index is 5.40. The number of nitrogens with zero attached hydrogens (tertiary/aromatic N) is 1. The first-order valence-corrected chi connectivity index (χ1v) is 8.87. The molecular weight excluding hydrogens is 330 g/mol. The third-order valence-corrected chi connectivity index (χ3v) is 4.41. The van der Waals surface area contributed by atoms with Crippen molar-refractivity contribution in [1.29, 1.82) is 0 Å². The van der Waals surface area contributed by atoms with E-state index in [9.17, 15) is 0 Å². The summed E-state index contributed by atoms with van der Waals surface area (Å²) in [7, 11) is 5.82. The van der Waals surface area contributed by atoms with Gasteiger partial charge in [0.2, 0.25) is 0 Å². The quantitative estimate of drug-likeness (QED) is 0.711. The predicted molar refractivity (Wildman–Crippen MR) is 108 cm³/mol. The van der Waals surface area contributed by atoms with Gasteiger partial charge in [0.25, 0.3) is 0 Å². The van der Waals surface area contributed by atoms with Gasteiger partial charge in [0.1, 0.15) is 5.75 Å². The van der Waals surface area contributed by atoms with Crippen LogP contribution in [0.4, 0.5) is 0 Å². The molecule has 0 radical (unpaired) electrons. The zero-order chi connectivity index (χ0) is 18.1. The van der Waals surface area contributed by atoms with Gasteiger partial charge in [-0.1, -0.05) is 42.5 Å². The fourth-order valence-corrected chi connectivity index (χ4v) is 2.83. The first-order chi connectivity index (χ1) is 12.1. The van der Waals surface area contributed by atoms with Gasteiger partial charge < -0.3 is 20.3 Å². The van der Waals surface area contributed by atoms with Crippen LogP contribution < -0.4 is 15.4 Å². The molecule has 0 saturated heterocycles. The Morgan fingerprint density at radius 1 is 1.04 bits per heavy atom. The fourth-order valence-electron chi connectivity index (χ4n) is 2.64. The van der Waals surface area contributed by atoms with Gasteiger partial charge in [-0.25, -0.2) is 0 Å². The lowest BCUT2D eigenvalue weighted by Crippen LogP contribution is -2.41. The van der Waals surface area contributed by atoms with E-state index >= 15 is 0 Å². The molecule has 0 unspecified atom stereocenters. The van der Waals surface area contributed by atoms with E-state index in [1.54, 1.807) is 7.11 Å². The summed E-state index contributed by atoms with van der Waals surface area (Å²) in [6.45, 7) is 1.57. The lowest BCUT2D eigenvalue weighted by atomic mass is 10.1. The van der Waals surface area contributed by atoms with Crippen molar-refractivity contribution >= 4 is 17.3 Å². The largest absolute Gasteiger partial charge is 0.497 e. The van der Waals surface area contributed by atoms with Crippen LogP contribution in [-0.4, -0.2) is 44.3 Å². The Hall–Kier alpha value is -2.11. The number of likely N-dealkylation sites (N-methyl/N-ethyl adjacent to an activating group) is 1. The molecule has 134 valence electrons. The van der Waals surface area contributed by atoms with Crippen LogP contribution in [0.2, 0.25) is 0 Å². The molecule has 0 aliphatic rings. The Bertz CT molecular complexity index is 644. The van der Waals surface area contributed by atoms with Crippen molar-refractivity contribution in [2.24, 2.45) is 0 Å². The summed E-state index contributed by atoms with van der Waals surface area (Å²) in [5.74, 6) is 0.868. The molecule has 0 aliphatic heterocycles. The van der Waals surface area contributed by atoms with Crippen molar-refractivity contribution < 1.29 is 4.74 Å². The minimum atomic E-state index is 0.236. The second-order valence-electron chi connectivity index (χ2n) is 6.12. The Labute approximate surface area is 156 Å². The standard InChI is InChI=1S/C20H27N3OS/c1-23(2)19(17-9-11-18(24-3)12-10-17)15-22-20(25)21-14-13-16-7-5-4-6-8-16/h4-12,19H,13-15H2,1-3H3,(H2,21,22,25)/t19-/m0/s1. The van der Waals surface area contributed by atoms with E-state index in [1.165, 1.54) is 11.1 Å². The van der Waals surface area contributed by atoms with Crippen LogP contribution in [-0.2, 0) is 6.42 Å². The van der Waals surface area contributed by atoms with Gasteiger partial charge in [-0.15, -0.1) is 0 Å². The molecule has 2 rings (SSSR count). The number of methoxy groups -OCH3 is 1. The summed E-state index contributed by atoms with van der Waals surface area (Å²) >= 11 is 5.40. The van der Waals surface area contributed by atoms with Gasteiger partial charge >= 0.3 is 0 Å². The van der Waals surface area contributed by atoms with Crippen molar-refractivity contribution in [2.45, 2.75) is 12.5 Å². The molecule has 5 heteroatoms. The normalized spacial score (nSPS) is 11.8. The Balaban J connectivity index is 1.80. The van der Waals surface area contributed by atoms with Gasteiger partial charge in [-0.05, 0) is 56.0 Å². The molecule has 0 saturated carbocycles. The van der Waals surface area contributed by atoms with Crippen LogP contribution >= 0.6 is 12.2 Å². The molecule has 25 heavy (non-hydrogen) atoms. The average Bonchev–Trinajstić information content (AvgIpc) is 2.63. The molecule has 4 nitrogen and oxygen atoms in total. The molecule has 0 amide bonds. The average molecular weight is 358 g/mol. The third-order valence-electron chi connectivity index (χ3n) is 4.12. The lowest BCUT2D eigenvalue weighted by Gasteiger charge is -2.26. The van der Waals surface area contributed by atoms with Gasteiger partial charge in [0.05, 0.1) is 13.2 Å². The van der Waals surface area contributed by atoms with E-state index < -0.39 is 0 Å². The second-order valence-corrected chi connectivity index (χ2v) is 6.53. The zero-order valence-corrected chi connectivity index (χ0v) is 16.0. The smallest absolute Gasteiger partial charge is 0.166 e. The van der Waals surface area contributed by atoms with Crippen LogP contribution in [0.3, 0.4) is 0 Å². The highest BCUT2D eigenvalue weighted by atomic mass is 32.1. The third kappa shape index (κ3) is 6.36. The second kappa shape index (κ2) is 10.0. The molecule has 0 spiro atoms. The zero-order valence-electron chi connectivity index (χ0n) is 15.2. The van der Waals surface area contributed by atoms with Crippen molar-refractivity contribution in [3.8, 4) is 5.75 Å². The summed E-state index contributed by atoms with van der Waals surface area (Å²) < 4.78 is 5.23. The van der Waals surface area contributed by atoms with E-state index in [0.29, 0.717) is 5.11 Å². The minimum Gasteiger partial charge on any atom is -0.497 e. The summed E-state index contributed by atoms with van der Waals surface area (Å²) in [6, 6.07) is 18.8. The van der Waals surface area contributed by atoms with Gasteiger partial charge in [-0.2, -0.15) is 0 Å². The molecule has 0 heterocycles. The summed E-state index contributed by atoms with van der Waals surface area (Å²) in [5, 5.41) is 7.29. The van der Waals surface area contributed by atoms with E-state index in [4.69, 9.17) is 17.0 Å². The number of thiocarbonyl (C=S) groups is 1. The predicted octanol–water partition coefficient (Wildman–Crippen LogP) is 3.00. The summed E-state index contributed by atoms with van der Waals surface area (Å²) in [6.07, 6.45) is 0.957. The van der Waals surface area contributed by atoms with E-state index in [0.717, 1.165) is 25.3 Å². The highest BCUT2D eigenvalue weighted by Gasteiger charge is 2.14. The molecular formula is C20H27N3OS. The summed E-state index contributed by atoms with van der Waals surface area (Å²) in [5.41, 5.74) is 2.53. The molecule has 0 aliphatic carbocycles. The maximum Gasteiger partial charge on any atom is 0.166 e. The molecule has 0 fully saturated rings. The SMILES string of the molecule is COc1ccc([C@H](CNC(=S)NCCc2ccccc2)N(C)C)cc1. The molecule has 0 bridgehead atoms. The lowest BCUT2D eigenvalue weighted by molar-refractivity contribution is 0.298. The number of hydrogen-bond donors (Lipinski definition) is 2. The van der Waals surface area contributed by atoms with Crippen molar-refractivity contribution in [1.82, 2.24) is 15.5 Å². The van der Waals surface area contributed by atoms with Crippen molar-refractivity contribution in [3.63, 3.8) is 0 Å². The molecule has 1 atom stereocenters. The van der Waals surface area contributed by atoms with E-state index in [-0.39, 0.29) is 6.04 Å². The van der Waals surface area contributed by atoms with Crippen LogP contribution in [0.15, 0.2) is 54.6 Å². The van der Waals surface area contributed by atoms with Crippen LogP contribution in [0.5, 0.6) is 5.75 Å². The Morgan fingerprint density at radius 2 is 1.72 bits per heavy atom. The maximum absolute atomic E-state index is 5.40. The molecule has 0 aromatic heterocycles. The van der Waals surface area contributed by atoms with Crippen LogP contribution in [0, 0.1) is 0 Å². The minimum absolute atomic E-state index is 0.236. The van der Waals surface area contributed by atoms with Crippen molar-refractivity contribution in [3.05, 3.63) is 65.7 Å². The number of nitrogens with one attached hydrogen (secondary N) is 2. The number of hydrogen-bond acceptors (Lipinski definition) is 3. The van der Waals surface area contributed by atoms with Crippen LogP contribution in [0.25, 0.3) is 0 Å². The fraction of sp³-hybridized carbons (Fsp3) is 0.350.